The number of amides is 1. The Morgan fingerprint density at radius 2 is 1.77 bits per heavy atom. The van der Waals surface area contributed by atoms with Crippen LogP contribution in [0.25, 0.3) is 0 Å². The van der Waals surface area contributed by atoms with Gasteiger partial charge in [0.25, 0.3) is 0 Å². The highest BCUT2D eigenvalue weighted by atomic mass is 16.6. The van der Waals surface area contributed by atoms with E-state index in [1.165, 1.54) is 25.3 Å². The number of allylic oxidation sites excluding steroid dienone is 2. The smallest absolute Gasteiger partial charge is 0.411 e. The van der Waals surface area contributed by atoms with Crippen molar-refractivity contribution in [2.45, 2.75) is 32.9 Å². The van der Waals surface area contributed by atoms with E-state index in [1.807, 2.05) is 0 Å². The number of carbonyl (C=O) groups excluding carboxylic acids is 4. The molecule has 0 saturated heterocycles. The van der Waals surface area contributed by atoms with Gasteiger partial charge in [0, 0.05) is 0 Å². The van der Waals surface area contributed by atoms with E-state index in [1.54, 1.807) is 20.8 Å². The summed E-state index contributed by atoms with van der Waals surface area (Å²) in [5.41, 5.74) is -0.174. The van der Waals surface area contributed by atoms with E-state index in [0.717, 1.165) is 11.0 Å². The van der Waals surface area contributed by atoms with Crippen LogP contribution in [0.4, 0.5) is 4.79 Å². The molecule has 0 unspecified atom stereocenters. The van der Waals surface area contributed by atoms with E-state index in [9.17, 15) is 19.2 Å². The molecule has 1 amide bonds. The van der Waals surface area contributed by atoms with Gasteiger partial charge in [-0.05, 0) is 45.1 Å². The number of ether oxygens (including phenoxy) is 2. The van der Waals surface area contributed by atoms with Crippen LogP contribution in [-0.4, -0.2) is 52.8 Å². The predicted octanol–water partition coefficient (Wildman–Crippen LogP) is 1.93. The Balaban J connectivity index is 2.26. The van der Waals surface area contributed by atoms with Crippen molar-refractivity contribution < 1.29 is 28.7 Å². The second-order valence-electron chi connectivity index (χ2n) is 6.67. The minimum absolute atomic E-state index is 0.0252. The molecule has 1 aliphatic carbocycles. The molecule has 0 atom stereocenters. The molecule has 26 heavy (non-hydrogen) atoms. The third-order valence-corrected chi connectivity index (χ3v) is 3.39. The first-order valence-electron chi connectivity index (χ1n) is 7.92. The molecular weight excluding hydrogens is 340 g/mol. The summed E-state index contributed by atoms with van der Waals surface area (Å²) >= 11 is 0. The van der Waals surface area contributed by atoms with E-state index < -0.39 is 23.4 Å². The standard InChI is InChI=1S/C18H20N2O6/c1-18(2,3)26-17(24)20(10-15(23)25-4)9-11-5-6-12-13(21)7-8-14(22)16(12)19-11/h5-8H,9-10H2,1-4H3. The molecule has 0 fully saturated rings. The van der Waals surface area contributed by atoms with Crippen LogP contribution in [0.5, 0.6) is 0 Å². The fourth-order valence-corrected chi connectivity index (χ4v) is 2.22. The number of hydrogen-bond acceptors (Lipinski definition) is 7. The fourth-order valence-electron chi connectivity index (χ4n) is 2.22. The second kappa shape index (κ2) is 7.47. The zero-order valence-corrected chi connectivity index (χ0v) is 15.1. The summed E-state index contributed by atoms with van der Waals surface area (Å²) in [5, 5.41) is 0. The van der Waals surface area contributed by atoms with Crippen LogP contribution in [0, 0.1) is 0 Å². The Morgan fingerprint density at radius 3 is 2.38 bits per heavy atom. The van der Waals surface area contributed by atoms with Gasteiger partial charge in [0.1, 0.15) is 17.8 Å². The van der Waals surface area contributed by atoms with Crippen LogP contribution in [-0.2, 0) is 20.8 Å². The molecule has 0 saturated carbocycles. The number of carbonyl (C=O) groups is 4. The van der Waals surface area contributed by atoms with E-state index in [-0.39, 0.29) is 30.1 Å². The molecule has 0 N–H and O–H groups in total. The maximum absolute atomic E-state index is 12.4. The van der Waals surface area contributed by atoms with E-state index >= 15 is 0 Å². The van der Waals surface area contributed by atoms with Crippen LogP contribution in [0.15, 0.2) is 24.3 Å². The average molecular weight is 360 g/mol. The summed E-state index contributed by atoms with van der Waals surface area (Å²) in [6, 6.07) is 3.00. The zero-order chi connectivity index (χ0) is 19.5. The summed E-state index contributed by atoms with van der Waals surface area (Å²) in [7, 11) is 1.21. The van der Waals surface area contributed by atoms with Gasteiger partial charge >= 0.3 is 12.1 Å². The topological polar surface area (TPSA) is 103 Å². The number of aromatic nitrogens is 1. The Bertz CT molecular complexity index is 791. The van der Waals surface area contributed by atoms with Crippen LogP contribution in [0.1, 0.15) is 47.3 Å². The lowest BCUT2D eigenvalue weighted by atomic mass is 9.99. The molecule has 0 spiro atoms. The van der Waals surface area contributed by atoms with Crippen molar-refractivity contribution in [1.29, 1.82) is 0 Å². The first kappa shape index (κ1) is 19.3. The normalized spacial score (nSPS) is 13.2. The van der Waals surface area contributed by atoms with Crippen LogP contribution in [0.2, 0.25) is 0 Å². The Morgan fingerprint density at radius 1 is 1.12 bits per heavy atom. The lowest BCUT2D eigenvalue weighted by Gasteiger charge is -2.26. The Hall–Kier alpha value is -3.03. The Kier molecular flexibility index (Phi) is 5.54. The molecule has 0 aromatic carbocycles. The summed E-state index contributed by atoms with van der Waals surface area (Å²) in [4.78, 5) is 53.0. The largest absolute Gasteiger partial charge is 0.468 e. The highest BCUT2D eigenvalue weighted by Gasteiger charge is 2.26. The third kappa shape index (κ3) is 4.75. The molecule has 1 aromatic rings. The number of fused-ring (bicyclic) bond motifs is 1. The summed E-state index contributed by atoms with van der Waals surface area (Å²) in [6.45, 7) is 4.69. The lowest BCUT2D eigenvalue weighted by Crippen LogP contribution is -2.40. The van der Waals surface area contributed by atoms with Gasteiger partial charge in [0.05, 0.1) is 24.9 Å². The molecule has 8 heteroatoms. The van der Waals surface area contributed by atoms with Crippen molar-refractivity contribution in [3.8, 4) is 0 Å². The number of pyridine rings is 1. The van der Waals surface area contributed by atoms with Crippen LogP contribution in [0.3, 0.4) is 0 Å². The van der Waals surface area contributed by atoms with Crippen molar-refractivity contribution in [3.63, 3.8) is 0 Å². The van der Waals surface area contributed by atoms with Crippen molar-refractivity contribution in [2.75, 3.05) is 13.7 Å². The number of methoxy groups -OCH3 is 1. The molecule has 2 rings (SSSR count). The molecule has 0 aliphatic heterocycles. The van der Waals surface area contributed by atoms with Gasteiger partial charge in [-0.1, -0.05) is 0 Å². The van der Waals surface area contributed by atoms with Crippen molar-refractivity contribution in [3.05, 3.63) is 41.2 Å². The number of hydrogen-bond donors (Lipinski definition) is 0. The van der Waals surface area contributed by atoms with Crippen LogP contribution >= 0.6 is 0 Å². The molecule has 1 aromatic heterocycles. The quantitative estimate of drug-likeness (QED) is 0.756. The molecule has 0 radical (unpaired) electrons. The van der Waals surface area contributed by atoms with Crippen LogP contribution < -0.4 is 0 Å². The molecular formula is C18H20N2O6. The van der Waals surface area contributed by atoms with Gasteiger partial charge in [0.2, 0.25) is 5.78 Å². The fraction of sp³-hybridized carbons (Fsp3) is 0.389. The Labute approximate surface area is 150 Å². The maximum atomic E-state index is 12.4. The van der Waals surface area contributed by atoms with Gasteiger partial charge in [-0.15, -0.1) is 0 Å². The van der Waals surface area contributed by atoms with Crippen molar-refractivity contribution in [2.24, 2.45) is 0 Å². The maximum Gasteiger partial charge on any atom is 0.411 e. The zero-order valence-electron chi connectivity index (χ0n) is 15.1. The number of rotatable bonds is 4. The predicted molar refractivity (Wildman–Crippen MR) is 90.7 cm³/mol. The van der Waals surface area contributed by atoms with Gasteiger partial charge in [0.15, 0.2) is 5.78 Å². The molecule has 1 aliphatic rings. The van der Waals surface area contributed by atoms with Gasteiger partial charge in [-0.25, -0.2) is 9.78 Å². The molecule has 138 valence electrons. The summed E-state index contributed by atoms with van der Waals surface area (Å²) < 4.78 is 9.89. The van der Waals surface area contributed by atoms with Gasteiger partial charge in [-0.2, -0.15) is 0 Å². The second-order valence-corrected chi connectivity index (χ2v) is 6.67. The highest BCUT2D eigenvalue weighted by Crippen LogP contribution is 2.17. The molecule has 8 nitrogen and oxygen atoms in total. The monoisotopic (exact) mass is 360 g/mol. The molecule has 0 bridgehead atoms. The van der Waals surface area contributed by atoms with E-state index in [0.29, 0.717) is 5.69 Å². The summed E-state index contributed by atoms with van der Waals surface area (Å²) in [5.74, 6) is -1.32. The number of ketones is 2. The first-order chi connectivity index (χ1) is 12.1. The SMILES string of the molecule is COC(=O)CN(Cc1ccc2c(n1)C(=O)C=CC2=O)C(=O)OC(C)(C)C. The van der Waals surface area contributed by atoms with Gasteiger partial charge in [-0.3, -0.25) is 19.3 Å². The first-order valence-corrected chi connectivity index (χ1v) is 7.92. The number of nitrogens with zero attached hydrogens (tertiary/aromatic N) is 2. The average Bonchev–Trinajstić information content (AvgIpc) is 2.56. The summed E-state index contributed by atoms with van der Waals surface area (Å²) in [6.07, 6.45) is 1.63. The lowest BCUT2D eigenvalue weighted by molar-refractivity contribution is -0.142. The number of esters is 1. The highest BCUT2D eigenvalue weighted by molar-refractivity contribution is 6.21. The van der Waals surface area contributed by atoms with Crippen molar-refractivity contribution >= 4 is 23.6 Å². The third-order valence-electron chi connectivity index (χ3n) is 3.39. The minimum Gasteiger partial charge on any atom is -0.468 e. The van der Waals surface area contributed by atoms with E-state index in [2.05, 4.69) is 9.72 Å². The van der Waals surface area contributed by atoms with Crippen molar-refractivity contribution in [1.82, 2.24) is 9.88 Å². The van der Waals surface area contributed by atoms with E-state index in [4.69, 9.17) is 4.74 Å². The molecule has 1 heterocycles. The van der Waals surface area contributed by atoms with Gasteiger partial charge < -0.3 is 9.47 Å². The minimum atomic E-state index is -0.748.